The van der Waals surface area contributed by atoms with E-state index in [0.29, 0.717) is 22.5 Å². The number of sulfone groups is 1. The zero-order valence-corrected chi connectivity index (χ0v) is 18.2. The number of carbonyl (C=O) groups excluding carboxylic acids is 1. The van der Waals surface area contributed by atoms with Crippen LogP contribution in [0.5, 0.6) is 0 Å². The number of hydrogen-bond donors (Lipinski definition) is 3. The van der Waals surface area contributed by atoms with Gasteiger partial charge in [0.25, 0.3) is 0 Å². The molecule has 8 heteroatoms. The second kappa shape index (κ2) is 8.45. The molecule has 0 aliphatic rings. The second-order valence-corrected chi connectivity index (χ2v) is 9.46. The van der Waals surface area contributed by atoms with Gasteiger partial charge in [0, 0.05) is 22.5 Å². The molecule has 2 amide bonds. The van der Waals surface area contributed by atoms with Crippen LogP contribution < -0.4 is 10.6 Å². The van der Waals surface area contributed by atoms with E-state index in [1.165, 1.54) is 12.1 Å². The molecular formula is C23H20ClN3O3S. The maximum absolute atomic E-state index is 13.4. The van der Waals surface area contributed by atoms with Crippen molar-refractivity contribution in [2.24, 2.45) is 0 Å². The number of aromatic amines is 1. The summed E-state index contributed by atoms with van der Waals surface area (Å²) >= 11 is 6.12. The predicted molar refractivity (Wildman–Crippen MR) is 122 cm³/mol. The van der Waals surface area contributed by atoms with Crippen LogP contribution in [0.3, 0.4) is 0 Å². The number of hydrogen-bond acceptors (Lipinski definition) is 3. The van der Waals surface area contributed by atoms with E-state index in [4.69, 9.17) is 11.6 Å². The molecule has 4 aromatic rings. The Labute approximate surface area is 185 Å². The lowest BCUT2D eigenvalue weighted by molar-refractivity contribution is 0.251. The number of anilines is 1. The number of carbonyl (C=O) groups is 1. The molecule has 0 spiro atoms. The van der Waals surface area contributed by atoms with E-state index in [0.717, 1.165) is 11.1 Å². The average molecular weight is 454 g/mol. The molecule has 0 saturated heterocycles. The molecule has 0 saturated carbocycles. The van der Waals surface area contributed by atoms with Gasteiger partial charge in [0.15, 0.2) is 0 Å². The Morgan fingerprint density at radius 1 is 1.00 bits per heavy atom. The number of H-pyrrole nitrogens is 1. The van der Waals surface area contributed by atoms with Gasteiger partial charge in [0.1, 0.15) is 10.7 Å². The first-order chi connectivity index (χ1) is 14.8. The molecule has 4 rings (SSSR count). The molecule has 158 valence electrons. The molecular weight excluding hydrogens is 434 g/mol. The summed E-state index contributed by atoms with van der Waals surface area (Å²) in [6.07, 6.45) is 0. The lowest BCUT2D eigenvalue weighted by Gasteiger charge is -2.10. The fourth-order valence-corrected chi connectivity index (χ4v) is 5.14. The van der Waals surface area contributed by atoms with Crippen LogP contribution in [0, 0.1) is 6.92 Å². The van der Waals surface area contributed by atoms with Crippen LogP contribution in [0.25, 0.3) is 10.9 Å². The molecule has 0 radical (unpaired) electrons. The topological polar surface area (TPSA) is 91.1 Å². The SMILES string of the molecule is Cc1cccc(CNC(=O)Nc2[nH]c3ccc(Cl)cc3c2S(=O)(=O)c2ccccc2)c1. The maximum atomic E-state index is 13.4. The van der Waals surface area contributed by atoms with Crippen molar-refractivity contribution >= 4 is 44.2 Å². The molecule has 1 aromatic heterocycles. The summed E-state index contributed by atoms with van der Waals surface area (Å²) < 4.78 is 26.8. The normalized spacial score (nSPS) is 11.4. The third kappa shape index (κ3) is 4.42. The van der Waals surface area contributed by atoms with Gasteiger partial charge in [0.2, 0.25) is 9.84 Å². The summed E-state index contributed by atoms with van der Waals surface area (Å²) in [7, 11) is -3.92. The molecule has 3 N–H and O–H groups in total. The standard InChI is InChI=1S/C23H20ClN3O3S/c1-15-6-5-7-16(12-15)14-25-23(28)27-22-21(19-13-17(24)10-11-20(19)26-22)31(29,30)18-8-3-2-4-9-18/h2-13,26H,14H2,1H3,(H2,25,27,28). The molecule has 0 aliphatic carbocycles. The molecule has 0 fully saturated rings. The Kier molecular flexibility index (Phi) is 5.71. The van der Waals surface area contributed by atoms with Crippen molar-refractivity contribution in [1.82, 2.24) is 10.3 Å². The molecule has 31 heavy (non-hydrogen) atoms. The van der Waals surface area contributed by atoms with Gasteiger partial charge in [-0.2, -0.15) is 0 Å². The quantitative estimate of drug-likeness (QED) is 0.383. The Balaban J connectivity index is 1.69. The maximum Gasteiger partial charge on any atom is 0.320 e. The molecule has 6 nitrogen and oxygen atoms in total. The van der Waals surface area contributed by atoms with E-state index in [1.807, 2.05) is 31.2 Å². The Morgan fingerprint density at radius 2 is 1.77 bits per heavy atom. The Bertz CT molecular complexity index is 1370. The van der Waals surface area contributed by atoms with E-state index >= 15 is 0 Å². The zero-order valence-electron chi connectivity index (χ0n) is 16.6. The van der Waals surface area contributed by atoms with E-state index in [-0.39, 0.29) is 15.6 Å². The fraction of sp³-hybridized carbons (Fsp3) is 0.0870. The lowest BCUT2D eigenvalue weighted by Crippen LogP contribution is -2.29. The summed E-state index contributed by atoms with van der Waals surface area (Å²) in [4.78, 5) is 15.7. The highest BCUT2D eigenvalue weighted by atomic mass is 35.5. The minimum atomic E-state index is -3.92. The summed E-state index contributed by atoms with van der Waals surface area (Å²) in [5, 5.41) is 6.21. The molecule has 0 aliphatic heterocycles. The molecule has 3 aromatic carbocycles. The first-order valence-corrected chi connectivity index (χ1v) is 11.4. The number of fused-ring (bicyclic) bond motifs is 1. The number of amides is 2. The largest absolute Gasteiger partial charge is 0.340 e. The molecule has 1 heterocycles. The van der Waals surface area contributed by atoms with E-state index in [2.05, 4.69) is 15.6 Å². The van der Waals surface area contributed by atoms with Crippen LogP contribution in [0.2, 0.25) is 5.02 Å². The van der Waals surface area contributed by atoms with Gasteiger partial charge >= 0.3 is 6.03 Å². The van der Waals surface area contributed by atoms with Crippen LogP contribution in [0.15, 0.2) is 82.6 Å². The highest BCUT2D eigenvalue weighted by molar-refractivity contribution is 7.92. The molecule has 0 unspecified atom stereocenters. The minimum absolute atomic E-state index is 0.0260. The van der Waals surface area contributed by atoms with Gasteiger partial charge in [-0.15, -0.1) is 0 Å². The van der Waals surface area contributed by atoms with Crippen molar-refractivity contribution in [3.8, 4) is 0 Å². The van der Waals surface area contributed by atoms with Crippen molar-refractivity contribution in [2.75, 3.05) is 5.32 Å². The number of nitrogens with one attached hydrogen (secondary N) is 3. The van der Waals surface area contributed by atoms with Crippen molar-refractivity contribution in [3.63, 3.8) is 0 Å². The third-order valence-electron chi connectivity index (χ3n) is 4.81. The minimum Gasteiger partial charge on any atom is -0.340 e. The summed E-state index contributed by atoms with van der Waals surface area (Å²) in [5.74, 6) is 0.0860. The van der Waals surface area contributed by atoms with Crippen LogP contribution in [0.1, 0.15) is 11.1 Å². The first kappa shape index (κ1) is 21.0. The van der Waals surface area contributed by atoms with Gasteiger partial charge < -0.3 is 10.3 Å². The highest BCUT2D eigenvalue weighted by Crippen LogP contribution is 2.36. The van der Waals surface area contributed by atoms with Crippen LogP contribution in [-0.4, -0.2) is 19.4 Å². The fourth-order valence-electron chi connectivity index (χ4n) is 3.39. The second-order valence-electron chi connectivity index (χ2n) is 7.13. The van der Waals surface area contributed by atoms with Crippen molar-refractivity contribution < 1.29 is 13.2 Å². The van der Waals surface area contributed by atoms with E-state index in [1.54, 1.807) is 36.4 Å². The molecule has 0 bridgehead atoms. The summed E-state index contributed by atoms with van der Waals surface area (Å²) in [5.41, 5.74) is 2.58. The Hall–Kier alpha value is -3.29. The Morgan fingerprint density at radius 3 is 2.52 bits per heavy atom. The number of rotatable bonds is 5. The van der Waals surface area contributed by atoms with Gasteiger partial charge in [0.05, 0.1) is 4.90 Å². The van der Waals surface area contributed by atoms with Gasteiger partial charge in [-0.1, -0.05) is 59.6 Å². The van der Waals surface area contributed by atoms with Gasteiger partial charge in [-0.25, -0.2) is 13.2 Å². The summed E-state index contributed by atoms with van der Waals surface area (Å²) in [6.45, 7) is 2.28. The number of benzene rings is 3. The summed E-state index contributed by atoms with van der Waals surface area (Å²) in [6, 6.07) is 20.2. The smallest absolute Gasteiger partial charge is 0.320 e. The highest BCUT2D eigenvalue weighted by Gasteiger charge is 2.27. The zero-order chi connectivity index (χ0) is 22.0. The third-order valence-corrected chi connectivity index (χ3v) is 6.90. The lowest BCUT2D eigenvalue weighted by atomic mass is 10.1. The predicted octanol–water partition coefficient (Wildman–Crippen LogP) is 5.28. The van der Waals surface area contributed by atoms with Gasteiger partial charge in [-0.3, -0.25) is 5.32 Å². The number of aromatic nitrogens is 1. The van der Waals surface area contributed by atoms with Crippen molar-refractivity contribution in [1.29, 1.82) is 0 Å². The molecule has 0 atom stereocenters. The van der Waals surface area contributed by atoms with Gasteiger partial charge in [-0.05, 0) is 42.8 Å². The first-order valence-electron chi connectivity index (χ1n) is 9.56. The average Bonchev–Trinajstić information content (AvgIpc) is 3.10. The van der Waals surface area contributed by atoms with E-state index in [9.17, 15) is 13.2 Å². The van der Waals surface area contributed by atoms with Crippen LogP contribution >= 0.6 is 11.6 Å². The number of aryl methyl sites for hydroxylation is 1. The van der Waals surface area contributed by atoms with Crippen molar-refractivity contribution in [2.45, 2.75) is 23.3 Å². The number of urea groups is 1. The monoisotopic (exact) mass is 453 g/mol. The van der Waals surface area contributed by atoms with Crippen LogP contribution in [0.4, 0.5) is 10.6 Å². The van der Waals surface area contributed by atoms with E-state index < -0.39 is 15.9 Å². The van der Waals surface area contributed by atoms with Crippen molar-refractivity contribution in [3.05, 3.63) is 88.9 Å². The van der Waals surface area contributed by atoms with Crippen LogP contribution in [-0.2, 0) is 16.4 Å². The number of halogens is 1.